The fourth-order valence-corrected chi connectivity index (χ4v) is 7.68. The molecule has 0 saturated heterocycles. The smallest absolute Gasteiger partial charge is 0.414 e. The Morgan fingerprint density at radius 3 is 2.05 bits per heavy atom. The number of alkyl carbamates (subject to hydrolysis) is 2. The lowest BCUT2D eigenvalue weighted by molar-refractivity contribution is -0.747. The fraction of sp³-hybridized carbons (Fsp3) is 0.433. The van der Waals surface area contributed by atoms with Gasteiger partial charge in [-0.1, -0.05) is 30.3 Å². The monoisotopic (exact) mass is 943 g/mol. The molecule has 44 heavy (non-hydrogen) atoms. The van der Waals surface area contributed by atoms with Crippen molar-refractivity contribution in [1.29, 1.82) is 0 Å². The number of halogens is 3. The average Bonchev–Trinajstić information content (AvgIpc) is 3.24. The Morgan fingerprint density at radius 1 is 0.932 bits per heavy atom. The van der Waals surface area contributed by atoms with Crippen LogP contribution < -0.4 is 20.1 Å². The fourth-order valence-electron chi connectivity index (χ4n) is 3.78. The van der Waals surface area contributed by atoms with E-state index in [0.717, 1.165) is 27.7 Å². The third-order valence-electron chi connectivity index (χ3n) is 5.43. The first-order chi connectivity index (χ1) is 20.6. The van der Waals surface area contributed by atoms with Crippen molar-refractivity contribution >= 4 is 85.9 Å². The van der Waals surface area contributed by atoms with Crippen LogP contribution in [0.1, 0.15) is 52.8 Å². The highest BCUT2D eigenvalue weighted by molar-refractivity contribution is 14.1. The second kappa shape index (κ2) is 16.4. The Labute approximate surface area is 299 Å². The first-order valence-electron chi connectivity index (χ1n) is 13.9. The van der Waals surface area contributed by atoms with Crippen LogP contribution in [0.4, 0.5) is 9.59 Å². The average molecular weight is 943 g/mol. The van der Waals surface area contributed by atoms with Crippen molar-refractivity contribution in [3.05, 3.63) is 70.6 Å². The highest BCUT2D eigenvalue weighted by Gasteiger charge is 2.22. The van der Waals surface area contributed by atoms with Crippen molar-refractivity contribution in [2.45, 2.75) is 72.3 Å². The topological polar surface area (TPSA) is 120 Å². The van der Waals surface area contributed by atoms with Gasteiger partial charge in [0.15, 0.2) is 11.9 Å². The number of aliphatic imine (C=N–C) groups is 1. The number of nitrogens with zero attached hydrogens (tertiary/aromatic N) is 4. The molecule has 0 aliphatic carbocycles. The van der Waals surface area contributed by atoms with Gasteiger partial charge in [-0.15, -0.1) is 9.36 Å². The van der Waals surface area contributed by atoms with E-state index in [1.54, 1.807) is 41.5 Å². The largest absolute Gasteiger partial charge is 0.487 e. The molecule has 0 atom stereocenters. The number of ether oxygens (including phenoxy) is 3. The van der Waals surface area contributed by atoms with Gasteiger partial charge in [0.05, 0.1) is 18.9 Å². The van der Waals surface area contributed by atoms with Gasteiger partial charge < -0.3 is 14.2 Å². The number of carbonyl (C=O) groups excluding carboxylic acids is 2. The number of carbonyl (C=O) groups is 2. The molecule has 3 aromatic rings. The van der Waals surface area contributed by atoms with Gasteiger partial charge in [-0.25, -0.2) is 9.59 Å². The van der Waals surface area contributed by atoms with Gasteiger partial charge in [-0.2, -0.15) is 0 Å². The summed E-state index contributed by atoms with van der Waals surface area (Å²) in [6.45, 7) is 12.3. The van der Waals surface area contributed by atoms with E-state index in [1.165, 1.54) is 0 Å². The summed E-state index contributed by atoms with van der Waals surface area (Å²) in [6.07, 6.45) is 0.969. The van der Waals surface area contributed by atoms with Crippen LogP contribution >= 0.6 is 67.8 Å². The summed E-state index contributed by atoms with van der Waals surface area (Å²) >= 11 is 6.88. The first-order valence-corrected chi connectivity index (χ1v) is 17.1. The summed E-state index contributed by atoms with van der Waals surface area (Å²) < 4.78 is 23.9. The second-order valence-electron chi connectivity index (χ2n) is 11.7. The van der Waals surface area contributed by atoms with E-state index in [-0.39, 0.29) is 12.5 Å². The maximum Gasteiger partial charge on any atom is 0.414 e. The maximum absolute atomic E-state index is 12.5. The molecular weight excluding hydrogens is 905 g/mol. The summed E-state index contributed by atoms with van der Waals surface area (Å²) in [7, 11) is 0. The summed E-state index contributed by atoms with van der Waals surface area (Å²) in [5.41, 5.74) is 0.581. The van der Waals surface area contributed by atoms with E-state index in [9.17, 15) is 9.59 Å². The van der Waals surface area contributed by atoms with E-state index in [0.29, 0.717) is 26.1 Å². The minimum absolute atomic E-state index is 0.0667. The number of amides is 2. The summed E-state index contributed by atoms with van der Waals surface area (Å²) in [4.78, 5) is 29.4. The Hall–Kier alpha value is -2.22. The van der Waals surface area contributed by atoms with Crippen LogP contribution in [0, 0.1) is 10.7 Å². The maximum atomic E-state index is 12.5. The van der Waals surface area contributed by atoms with Gasteiger partial charge in [0.2, 0.25) is 5.96 Å². The number of rotatable bonds is 9. The van der Waals surface area contributed by atoms with Crippen LogP contribution in [0.2, 0.25) is 0 Å². The van der Waals surface area contributed by atoms with Gasteiger partial charge >= 0.3 is 12.2 Å². The van der Waals surface area contributed by atoms with Gasteiger partial charge in [0.1, 0.15) is 36.6 Å². The molecule has 0 saturated carbocycles. The molecular formula is C30H38I3N6O5+. The van der Waals surface area contributed by atoms with E-state index in [2.05, 4.69) is 108 Å². The van der Waals surface area contributed by atoms with E-state index in [4.69, 9.17) is 19.4 Å². The Balaban J connectivity index is 1.78. The van der Waals surface area contributed by atoms with Gasteiger partial charge in [-0.05, 0) is 127 Å². The number of guanidine groups is 1. The highest BCUT2D eigenvalue weighted by atomic mass is 127. The Bertz CT molecular complexity index is 1410. The molecule has 2 amide bonds. The quantitative estimate of drug-likeness (QED) is 0.117. The number of hydrogen-bond donors (Lipinski definition) is 2. The molecule has 14 heteroatoms. The zero-order chi connectivity index (χ0) is 32.5. The van der Waals surface area contributed by atoms with Crippen molar-refractivity contribution in [2.24, 2.45) is 4.99 Å². The molecule has 3 rings (SSSR count). The second-order valence-corrected chi connectivity index (χ2v) is 15.3. The molecule has 2 aromatic carbocycles. The zero-order valence-corrected chi connectivity index (χ0v) is 32.1. The lowest BCUT2D eigenvalue weighted by Crippen LogP contribution is -2.47. The van der Waals surface area contributed by atoms with Crippen molar-refractivity contribution in [3.63, 3.8) is 0 Å². The van der Waals surface area contributed by atoms with E-state index in [1.807, 2.05) is 33.8 Å². The molecule has 0 aliphatic rings. The van der Waals surface area contributed by atoms with Crippen LogP contribution in [0.3, 0.4) is 0 Å². The van der Waals surface area contributed by atoms with Crippen molar-refractivity contribution < 1.29 is 28.5 Å². The lowest BCUT2D eigenvalue weighted by Gasteiger charge is -2.22. The predicted octanol–water partition coefficient (Wildman–Crippen LogP) is 6.06. The molecule has 0 bridgehead atoms. The Kier molecular flexibility index (Phi) is 13.5. The summed E-state index contributed by atoms with van der Waals surface area (Å²) in [5.74, 6) is 0.788. The molecule has 1 aromatic heterocycles. The minimum Gasteiger partial charge on any atom is -0.487 e. The van der Waals surface area contributed by atoms with Crippen LogP contribution in [-0.2, 0) is 29.0 Å². The molecule has 0 spiro atoms. The number of hydrogen-bond acceptors (Lipinski definition) is 7. The summed E-state index contributed by atoms with van der Waals surface area (Å²) in [6, 6.07) is 14.2. The molecule has 2 N–H and O–H groups in total. The standard InChI is InChI=1S/C30H37I3N6O5/c1-29(2,3)43-27(40)35-26(36-28(41)44-30(4,5)6)34-13-12-22-19-38(18-20-10-8-7-9-11-20)37-39(22)14-15-42-25-23(32)16-21(31)17-24(25)33/h7-11,16-17,19H,12-15,18H2,1-6H3,(H-,34,35,36,40,41)/p+1. The molecule has 238 valence electrons. The SMILES string of the molecule is CC(C)(C)OC(=O)NC(=NCCc1c[n+](Cc2ccccc2)nn1CCOc1c(I)cc(I)cc1I)NC(=O)OC(C)(C)C. The van der Waals surface area contributed by atoms with Crippen LogP contribution in [0.15, 0.2) is 53.7 Å². The number of nitrogens with one attached hydrogen (secondary N) is 2. The van der Waals surface area contributed by atoms with E-state index >= 15 is 0 Å². The third-order valence-corrected chi connectivity index (χ3v) is 7.65. The molecule has 1 heterocycles. The molecule has 0 unspecified atom stereocenters. The molecule has 0 aliphatic heterocycles. The van der Waals surface area contributed by atoms with Crippen molar-refractivity contribution in [3.8, 4) is 5.75 Å². The van der Waals surface area contributed by atoms with Crippen molar-refractivity contribution in [2.75, 3.05) is 13.2 Å². The highest BCUT2D eigenvalue weighted by Crippen LogP contribution is 2.29. The summed E-state index contributed by atoms with van der Waals surface area (Å²) in [5, 5.41) is 9.84. The van der Waals surface area contributed by atoms with Gasteiger partial charge in [0.25, 0.3) is 0 Å². The van der Waals surface area contributed by atoms with Crippen LogP contribution in [-0.4, -0.2) is 52.4 Å². The minimum atomic E-state index is -0.741. The van der Waals surface area contributed by atoms with Gasteiger partial charge in [-0.3, -0.25) is 15.6 Å². The molecule has 0 radical (unpaired) electrons. The lowest BCUT2D eigenvalue weighted by atomic mass is 10.2. The van der Waals surface area contributed by atoms with Gasteiger partial charge in [0, 0.05) is 9.99 Å². The molecule has 11 nitrogen and oxygen atoms in total. The number of aromatic nitrogens is 3. The van der Waals surface area contributed by atoms with Crippen molar-refractivity contribution in [1.82, 2.24) is 20.5 Å². The van der Waals surface area contributed by atoms with Crippen LogP contribution in [0.25, 0.3) is 0 Å². The predicted molar refractivity (Wildman–Crippen MR) is 193 cm³/mol. The van der Waals surface area contributed by atoms with E-state index < -0.39 is 23.4 Å². The zero-order valence-electron chi connectivity index (χ0n) is 25.6. The molecule has 0 fully saturated rings. The first kappa shape index (κ1) is 36.3. The van der Waals surface area contributed by atoms with Crippen LogP contribution in [0.5, 0.6) is 5.75 Å². The Morgan fingerprint density at radius 2 is 1.50 bits per heavy atom. The normalized spacial score (nSPS) is 11.5. The number of benzene rings is 2. The third kappa shape index (κ3) is 13.0.